The van der Waals surface area contributed by atoms with E-state index >= 15 is 0 Å². The Morgan fingerprint density at radius 2 is 1.91 bits per heavy atom. The maximum absolute atomic E-state index is 12.4. The van der Waals surface area contributed by atoms with Crippen molar-refractivity contribution >= 4 is 24.9 Å². The monoisotopic (exact) mass is 355 g/mol. The van der Waals surface area contributed by atoms with Crippen LogP contribution in [-0.2, 0) is 18.5 Å². The van der Waals surface area contributed by atoms with E-state index in [1.54, 1.807) is 32.9 Å². The van der Waals surface area contributed by atoms with Crippen LogP contribution in [0.25, 0.3) is 0 Å². The molecule has 0 N–H and O–H groups in total. The molecule has 0 spiro atoms. The molecule has 2 rings (SSSR count). The molecule has 0 fully saturated rings. The van der Waals surface area contributed by atoms with Crippen molar-refractivity contribution in [3.05, 3.63) is 34.9 Å². The summed E-state index contributed by atoms with van der Waals surface area (Å²) in [5, 5.41) is 4.74. The molecule has 1 atom stereocenters. The fourth-order valence-corrected chi connectivity index (χ4v) is 3.42. The van der Waals surface area contributed by atoms with Gasteiger partial charge < -0.3 is 4.84 Å². The number of oxime groups is 1. The lowest BCUT2D eigenvalue weighted by atomic mass is 9.97. The third kappa shape index (κ3) is 4.83. The second kappa shape index (κ2) is 7.51. The van der Waals surface area contributed by atoms with Crippen molar-refractivity contribution in [1.29, 1.82) is 0 Å². The summed E-state index contributed by atoms with van der Waals surface area (Å²) in [6, 6.07) is 7.32. The van der Waals surface area contributed by atoms with Gasteiger partial charge in [-0.25, -0.2) is 4.57 Å². The topological polar surface area (TPSA) is 57.1 Å². The molecule has 0 saturated carbocycles. The van der Waals surface area contributed by atoms with Crippen molar-refractivity contribution in [2.24, 2.45) is 5.16 Å². The van der Waals surface area contributed by atoms with E-state index in [1.807, 2.05) is 12.1 Å². The molecule has 0 amide bonds. The highest BCUT2D eigenvalue weighted by Gasteiger charge is 2.34. The maximum atomic E-state index is 12.4. The van der Waals surface area contributed by atoms with Gasteiger partial charge >= 0.3 is 7.60 Å². The van der Waals surface area contributed by atoms with Crippen molar-refractivity contribution in [3.8, 4) is 11.6 Å². The molecule has 0 saturated heterocycles. The summed E-state index contributed by atoms with van der Waals surface area (Å²) in [5.41, 5.74) is 3.42. The van der Waals surface area contributed by atoms with Gasteiger partial charge in [0.05, 0.1) is 18.9 Å². The third-order valence-electron chi connectivity index (χ3n) is 3.09. The molecule has 1 aromatic carbocycles. The van der Waals surface area contributed by atoms with Gasteiger partial charge in [-0.1, -0.05) is 28.9 Å². The Balaban J connectivity index is 2.13. The van der Waals surface area contributed by atoms with Gasteiger partial charge in [0.25, 0.3) is 0 Å². The normalized spacial score (nSPS) is 20.4. The Morgan fingerprint density at radius 1 is 1.30 bits per heavy atom. The second-order valence-corrected chi connectivity index (χ2v) is 7.28. The molecule has 7 heteroatoms. The summed E-state index contributed by atoms with van der Waals surface area (Å²) in [4.78, 5) is 5.44. The standard InChI is InChI=1S/C16H19ClNO4P/c1-4-20-23(19,21-5-2)11-10-16(3)12-15(18-22-16)13-6-8-14(17)9-7-13/h6-9H,4-5,12H2,1-3H3. The fraction of sp³-hybridized carbons (Fsp3) is 0.438. The van der Waals surface area contributed by atoms with Crippen molar-refractivity contribution in [2.45, 2.75) is 32.8 Å². The van der Waals surface area contributed by atoms with E-state index in [0.29, 0.717) is 11.4 Å². The zero-order valence-corrected chi connectivity index (χ0v) is 15.0. The van der Waals surface area contributed by atoms with Gasteiger partial charge in [0.1, 0.15) is 0 Å². The second-order valence-electron chi connectivity index (χ2n) is 5.11. The number of nitrogens with zero attached hydrogens (tertiary/aromatic N) is 1. The van der Waals surface area contributed by atoms with Crippen LogP contribution in [0, 0.1) is 11.6 Å². The van der Waals surface area contributed by atoms with Crippen LogP contribution in [0.4, 0.5) is 0 Å². The number of hydrogen-bond donors (Lipinski definition) is 0. The summed E-state index contributed by atoms with van der Waals surface area (Å²) < 4.78 is 22.7. The first-order chi connectivity index (χ1) is 10.9. The fourth-order valence-electron chi connectivity index (χ4n) is 2.03. The Morgan fingerprint density at radius 3 is 2.48 bits per heavy atom. The lowest BCUT2D eigenvalue weighted by Gasteiger charge is -2.15. The maximum Gasteiger partial charge on any atom is 0.405 e. The van der Waals surface area contributed by atoms with Crippen LogP contribution in [0.2, 0.25) is 5.02 Å². The summed E-state index contributed by atoms with van der Waals surface area (Å²) in [5.74, 6) is 2.85. The molecule has 124 valence electrons. The molecule has 1 aliphatic heterocycles. The Hall–Kier alpha value is -1.31. The number of halogens is 1. The van der Waals surface area contributed by atoms with Gasteiger partial charge in [-0.3, -0.25) is 9.05 Å². The smallest absolute Gasteiger partial charge is 0.376 e. The van der Waals surface area contributed by atoms with E-state index in [9.17, 15) is 4.57 Å². The highest BCUT2D eigenvalue weighted by atomic mass is 35.5. The third-order valence-corrected chi connectivity index (χ3v) is 4.93. The highest BCUT2D eigenvalue weighted by molar-refractivity contribution is 7.59. The number of benzene rings is 1. The summed E-state index contributed by atoms with van der Waals surface area (Å²) in [6.45, 7) is 5.78. The van der Waals surface area contributed by atoms with E-state index in [0.717, 1.165) is 11.3 Å². The highest BCUT2D eigenvalue weighted by Crippen LogP contribution is 2.47. The minimum Gasteiger partial charge on any atom is -0.376 e. The predicted molar refractivity (Wildman–Crippen MR) is 90.7 cm³/mol. The van der Waals surface area contributed by atoms with E-state index < -0.39 is 13.2 Å². The SMILES string of the molecule is CCOP(=O)(C#CC1(C)CC(c2ccc(Cl)cc2)=NO1)OCC. The molecule has 1 aromatic rings. The molecular formula is C16H19ClNO4P. The molecule has 0 bridgehead atoms. The average Bonchev–Trinajstić information content (AvgIpc) is 2.90. The van der Waals surface area contributed by atoms with Crippen LogP contribution in [0.1, 0.15) is 32.8 Å². The molecule has 0 radical (unpaired) electrons. The predicted octanol–water partition coefficient (Wildman–Crippen LogP) is 4.45. The lowest BCUT2D eigenvalue weighted by Crippen LogP contribution is -2.22. The van der Waals surface area contributed by atoms with E-state index in [-0.39, 0.29) is 13.2 Å². The summed E-state index contributed by atoms with van der Waals surface area (Å²) in [7, 11) is -3.42. The number of hydrogen-bond acceptors (Lipinski definition) is 5. The van der Waals surface area contributed by atoms with Crippen molar-refractivity contribution in [3.63, 3.8) is 0 Å². The quantitative estimate of drug-likeness (QED) is 0.578. The van der Waals surface area contributed by atoms with Gasteiger partial charge in [0.15, 0.2) is 0 Å². The molecule has 23 heavy (non-hydrogen) atoms. The lowest BCUT2D eigenvalue weighted by molar-refractivity contribution is 0.0442. The molecule has 0 aliphatic carbocycles. The van der Waals surface area contributed by atoms with Crippen LogP contribution < -0.4 is 0 Å². The van der Waals surface area contributed by atoms with Gasteiger partial charge in [-0.05, 0) is 44.4 Å². The van der Waals surface area contributed by atoms with Gasteiger partial charge in [0.2, 0.25) is 5.60 Å². The summed E-state index contributed by atoms with van der Waals surface area (Å²) >= 11 is 5.88. The van der Waals surface area contributed by atoms with Crippen molar-refractivity contribution < 1.29 is 18.5 Å². The van der Waals surface area contributed by atoms with Gasteiger partial charge in [-0.15, -0.1) is 0 Å². The molecule has 0 aromatic heterocycles. The Kier molecular flexibility index (Phi) is 5.89. The van der Waals surface area contributed by atoms with Crippen LogP contribution in [0.5, 0.6) is 0 Å². The largest absolute Gasteiger partial charge is 0.405 e. The zero-order valence-electron chi connectivity index (χ0n) is 13.3. The van der Waals surface area contributed by atoms with E-state index in [4.69, 9.17) is 25.5 Å². The number of rotatable bonds is 5. The first kappa shape index (κ1) is 18.0. The zero-order chi connectivity index (χ0) is 16.9. The molecule has 1 aliphatic rings. The summed E-state index contributed by atoms with van der Waals surface area (Å²) in [6.07, 6.45) is 0.472. The van der Waals surface area contributed by atoms with Crippen molar-refractivity contribution in [2.75, 3.05) is 13.2 Å². The minimum atomic E-state index is -3.42. The van der Waals surface area contributed by atoms with Gasteiger partial charge in [0, 0.05) is 17.1 Å². The van der Waals surface area contributed by atoms with Crippen LogP contribution >= 0.6 is 19.2 Å². The van der Waals surface area contributed by atoms with Crippen molar-refractivity contribution in [1.82, 2.24) is 0 Å². The first-order valence-corrected chi connectivity index (χ1v) is 9.26. The molecule has 1 heterocycles. The Labute approximate surface area is 141 Å². The van der Waals surface area contributed by atoms with E-state index in [1.165, 1.54) is 0 Å². The van der Waals surface area contributed by atoms with Gasteiger partial charge in [-0.2, -0.15) is 0 Å². The van der Waals surface area contributed by atoms with Crippen LogP contribution in [0.15, 0.2) is 29.4 Å². The molecular weight excluding hydrogens is 337 g/mol. The van der Waals surface area contributed by atoms with Crippen LogP contribution in [-0.4, -0.2) is 24.5 Å². The minimum absolute atomic E-state index is 0.260. The average molecular weight is 356 g/mol. The first-order valence-electron chi connectivity index (χ1n) is 7.34. The Bertz CT molecular complexity index is 682. The van der Waals surface area contributed by atoms with Crippen LogP contribution in [0.3, 0.4) is 0 Å². The molecule has 1 unspecified atom stereocenters. The van der Waals surface area contributed by atoms with E-state index in [2.05, 4.69) is 16.7 Å². The molecule has 5 nitrogen and oxygen atoms in total.